The molecule has 0 unspecified atom stereocenters. The number of carbonyl (C=O) groups excluding carboxylic acids is 1. The first-order chi connectivity index (χ1) is 13.1. The van der Waals surface area contributed by atoms with Gasteiger partial charge in [0.15, 0.2) is 0 Å². The molecule has 0 bridgehead atoms. The van der Waals surface area contributed by atoms with Crippen LogP contribution in [0.3, 0.4) is 0 Å². The van der Waals surface area contributed by atoms with Crippen LogP contribution in [0.1, 0.15) is 32.1 Å². The Labute approximate surface area is 158 Å². The maximum absolute atomic E-state index is 12.3. The van der Waals surface area contributed by atoms with Gasteiger partial charge in [0.1, 0.15) is 11.8 Å². The number of nitro benzene ring substituents is 1. The van der Waals surface area contributed by atoms with Gasteiger partial charge in [-0.2, -0.15) is 5.26 Å². The van der Waals surface area contributed by atoms with E-state index < -0.39 is 4.92 Å². The van der Waals surface area contributed by atoms with Crippen molar-refractivity contribution in [1.82, 2.24) is 10.2 Å². The van der Waals surface area contributed by atoms with Gasteiger partial charge in [0.05, 0.1) is 24.1 Å². The SMILES string of the molecule is N#C[C@@H]1CCCN1C(=O)CN[C@@H]1CC[C@@H](COc2ccc([N+](=O)[O-])cc2)C1. The summed E-state index contributed by atoms with van der Waals surface area (Å²) >= 11 is 0. The predicted octanol–water partition coefficient (Wildman–Crippen LogP) is 2.25. The first-order valence-corrected chi connectivity index (χ1v) is 9.36. The summed E-state index contributed by atoms with van der Waals surface area (Å²) in [5.41, 5.74) is 0.0498. The minimum Gasteiger partial charge on any atom is -0.493 e. The van der Waals surface area contributed by atoms with Crippen LogP contribution in [-0.2, 0) is 4.79 Å². The van der Waals surface area contributed by atoms with E-state index in [1.54, 1.807) is 17.0 Å². The van der Waals surface area contributed by atoms with E-state index in [2.05, 4.69) is 11.4 Å². The van der Waals surface area contributed by atoms with E-state index in [9.17, 15) is 14.9 Å². The van der Waals surface area contributed by atoms with Crippen LogP contribution in [0.2, 0.25) is 0 Å². The first-order valence-electron chi connectivity index (χ1n) is 9.36. The molecule has 1 aromatic carbocycles. The lowest BCUT2D eigenvalue weighted by molar-refractivity contribution is -0.384. The van der Waals surface area contributed by atoms with Crippen LogP contribution in [0.5, 0.6) is 5.75 Å². The summed E-state index contributed by atoms with van der Waals surface area (Å²) in [5, 5.41) is 23.1. The molecular formula is C19H24N4O4. The number of nitro groups is 1. The highest BCUT2D eigenvalue weighted by Gasteiger charge is 2.30. The highest BCUT2D eigenvalue weighted by molar-refractivity contribution is 5.79. The van der Waals surface area contributed by atoms with Gasteiger partial charge in [-0.25, -0.2) is 0 Å². The summed E-state index contributed by atoms with van der Waals surface area (Å²) in [6, 6.07) is 8.31. The van der Waals surface area contributed by atoms with E-state index in [4.69, 9.17) is 10.00 Å². The molecule has 1 N–H and O–H groups in total. The summed E-state index contributed by atoms with van der Waals surface area (Å²) in [6.07, 6.45) is 4.61. The number of benzene rings is 1. The van der Waals surface area contributed by atoms with Gasteiger partial charge >= 0.3 is 0 Å². The third-order valence-electron chi connectivity index (χ3n) is 5.34. The number of non-ortho nitro benzene ring substituents is 1. The van der Waals surface area contributed by atoms with E-state index in [1.807, 2.05) is 0 Å². The standard InChI is InChI=1S/C19H24N4O4/c20-11-17-2-1-9-22(17)19(24)12-21-15-4-3-14(10-15)13-27-18-7-5-16(6-8-18)23(25)26/h5-8,14-15,17,21H,1-4,9-10,12-13H2/t14-,15-,17+/m1/s1. The van der Waals surface area contributed by atoms with Gasteiger partial charge in [-0.3, -0.25) is 14.9 Å². The van der Waals surface area contributed by atoms with Crippen molar-refractivity contribution in [3.63, 3.8) is 0 Å². The fraction of sp³-hybridized carbons (Fsp3) is 0.579. The topological polar surface area (TPSA) is 108 Å². The maximum atomic E-state index is 12.3. The summed E-state index contributed by atoms with van der Waals surface area (Å²) in [6.45, 7) is 1.51. The van der Waals surface area contributed by atoms with Crippen molar-refractivity contribution in [3.05, 3.63) is 34.4 Å². The smallest absolute Gasteiger partial charge is 0.269 e. The molecule has 8 heteroatoms. The fourth-order valence-electron chi connectivity index (χ4n) is 3.82. The largest absolute Gasteiger partial charge is 0.493 e. The summed E-state index contributed by atoms with van der Waals surface area (Å²) in [4.78, 5) is 24.2. The minimum absolute atomic E-state index is 0.00429. The van der Waals surface area contributed by atoms with Gasteiger partial charge in [0.2, 0.25) is 5.91 Å². The third kappa shape index (κ3) is 4.95. The number of rotatable bonds is 7. The molecular weight excluding hydrogens is 348 g/mol. The van der Waals surface area contributed by atoms with Crippen molar-refractivity contribution in [2.24, 2.45) is 5.92 Å². The normalized spacial score (nSPS) is 24.6. The monoisotopic (exact) mass is 372 g/mol. The molecule has 1 aromatic rings. The minimum atomic E-state index is -0.431. The van der Waals surface area contributed by atoms with Crippen LogP contribution in [0.15, 0.2) is 24.3 Å². The average Bonchev–Trinajstić information content (AvgIpc) is 3.34. The van der Waals surface area contributed by atoms with E-state index in [0.717, 1.165) is 32.1 Å². The Bertz CT molecular complexity index is 715. The molecule has 1 saturated heterocycles. The number of amides is 1. The van der Waals surface area contributed by atoms with E-state index in [0.29, 0.717) is 24.8 Å². The van der Waals surface area contributed by atoms with Crippen molar-refractivity contribution in [3.8, 4) is 11.8 Å². The number of nitrogens with one attached hydrogen (secondary N) is 1. The van der Waals surface area contributed by atoms with Crippen LogP contribution in [0.4, 0.5) is 5.69 Å². The zero-order valence-electron chi connectivity index (χ0n) is 15.2. The Hall–Kier alpha value is -2.66. The molecule has 3 atom stereocenters. The maximum Gasteiger partial charge on any atom is 0.269 e. The Balaban J connectivity index is 1.38. The quantitative estimate of drug-likeness (QED) is 0.581. The molecule has 3 rings (SSSR count). The summed E-state index contributed by atoms with van der Waals surface area (Å²) in [7, 11) is 0. The van der Waals surface area contributed by atoms with Gasteiger partial charge in [0, 0.05) is 24.7 Å². The second-order valence-corrected chi connectivity index (χ2v) is 7.19. The molecule has 0 aromatic heterocycles. The first kappa shape index (κ1) is 19.1. The Morgan fingerprint density at radius 2 is 2.11 bits per heavy atom. The van der Waals surface area contributed by atoms with Crippen molar-refractivity contribution < 1.29 is 14.5 Å². The van der Waals surface area contributed by atoms with E-state index in [-0.39, 0.29) is 30.2 Å². The summed E-state index contributed by atoms with van der Waals surface area (Å²) in [5.74, 6) is 1.03. The van der Waals surface area contributed by atoms with Crippen LogP contribution < -0.4 is 10.1 Å². The van der Waals surface area contributed by atoms with Crippen molar-refractivity contribution in [2.75, 3.05) is 19.7 Å². The molecule has 8 nitrogen and oxygen atoms in total. The second-order valence-electron chi connectivity index (χ2n) is 7.19. The molecule has 1 heterocycles. The molecule has 1 aliphatic carbocycles. The second kappa shape index (κ2) is 8.82. The number of hydrogen-bond acceptors (Lipinski definition) is 6. The summed E-state index contributed by atoms with van der Waals surface area (Å²) < 4.78 is 5.75. The lowest BCUT2D eigenvalue weighted by Crippen LogP contribution is -2.42. The molecule has 2 aliphatic rings. The van der Waals surface area contributed by atoms with Crippen molar-refractivity contribution in [1.29, 1.82) is 5.26 Å². The Morgan fingerprint density at radius 1 is 1.33 bits per heavy atom. The number of nitrogens with zero attached hydrogens (tertiary/aromatic N) is 3. The highest BCUT2D eigenvalue weighted by atomic mass is 16.6. The molecule has 144 valence electrons. The van der Waals surface area contributed by atoms with Gasteiger partial charge in [0.25, 0.3) is 5.69 Å². The average molecular weight is 372 g/mol. The molecule has 1 saturated carbocycles. The number of ether oxygens (including phenoxy) is 1. The lowest BCUT2D eigenvalue weighted by Gasteiger charge is -2.21. The van der Waals surface area contributed by atoms with E-state index >= 15 is 0 Å². The molecule has 2 fully saturated rings. The van der Waals surface area contributed by atoms with Crippen LogP contribution in [0, 0.1) is 27.4 Å². The number of likely N-dealkylation sites (tertiary alicyclic amines) is 1. The van der Waals surface area contributed by atoms with Crippen LogP contribution >= 0.6 is 0 Å². The van der Waals surface area contributed by atoms with Crippen molar-refractivity contribution >= 4 is 11.6 Å². The zero-order chi connectivity index (χ0) is 19.2. The number of nitriles is 1. The van der Waals surface area contributed by atoms with Crippen LogP contribution in [0.25, 0.3) is 0 Å². The van der Waals surface area contributed by atoms with E-state index in [1.165, 1.54) is 12.1 Å². The Kier molecular flexibility index (Phi) is 6.24. The Morgan fingerprint density at radius 3 is 2.81 bits per heavy atom. The molecule has 1 amide bonds. The predicted molar refractivity (Wildman–Crippen MR) is 98.1 cm³/mol. The highest BCUT2D eigenvalue weighted by Crippen LogP contribution is 2.27. The molecule has 0 radical (unpaired) electrons. The number of carbonyl (C=O) groups is 1. The number of hydrogen-bond donors (Lipinski definition) is 1. The zero-order valence-corrected chi connectivity index (χ0v) is 15.2. The molecule has 0 spiro atoms. The third-order valence-corrected chi connectivity index (χ3v) is 5.34. The fourth-order valence-corrected chi connectivity index (χ4v) is 3.82. The molecule has 27 heavy (non-hydrogen) atoms. The van der Waals surface area contributed by atoms with Gasteiger partial charge < -0.3 is 15.0 Å². The van der Waals surface area contributed by atoms with Gasteiger partial charge in [-0.1, -0.05) is 0 Å². The van der Waals surface area contributed by atoms with Crippen molar-refractivity contribution in [2.45, 2.75) is 44.2 Å². The lowest BCUT2D eigenvalue weighted by atomic mass is 10.1. The van der Waals surface area contributed by atoms with Gasteiger partial charge in [-0.05, 0) is 50.2 Å². The van der Waals surface area contributed by atoms with Gasteiger partial charge in [-0.15, -0.1) is 0 Å². The molecule has 1 aliphatic heterocycles. The van der Waals surface area contributed by atoms with Crippen LogP contribution in [-0.4, -0.2) is 47.5 Å².